The fourth-order valence-corrected chi connectivity index (χ4v) is 3.04. The van der Waals surface area contributed by atoms with E-state index in [2.05, 4.69) is 36.7 Å². The maximum Gasteiger partial charge on any atom is 0.325 e. The molecule has 1 aliphatic carbocycles. The van der Waals surface area contributed by atoms with Crippen LogP contribution in [-0.2, 0) is 19.7 Å². The molecule has 0 aliphatic heterocycles. The second-order valence-electron chi connectivity index (χ2n) is 9.01. The third-order valence-corrected chi connectivity index (χ3v) is 5.13. The van der Waals surface area contributed by atoms with Crippen LogP contribution in [-0.4, -0.2) is 42.9 Å². The number of carbonyl (C=O) groups excluding carboxylic acids is 4. The summed E-state index contributed by atoms with van der Waals surface area (Å²) >= 11 is 0. The van der Waals surface area contributed by atoms with Gasteiger partial charge in [0.05, 0.1) is 11.3 Å². The van der Waals surface area contributed by atoms with Crippen molar-refractivity contribution in [3.05, 3.63) is 65.2 Å². The topological polar surface area (TPSA) is 114 Å². The quantitative estimate of drug-likeness (QED) is 0.534. The lowest BCUT2D eigenvalue weighted by molar-refractivity contribution is -0.146. The number of benzene rings is 2. The number of anilines is 1. The first-order valence-corrected chi connectivity index (χ1v) is 10.9. The molecule has 0 spiro atoms. The average Bonchev–Trinajstić information content (AvgIpc) is 3.60. The van der Waals surface area contributed by atoms with Gasteiger partial charge in [0.1, 0.15) is 6.54 Å². The number of ether oxygens (including phenoxy) is 1. The van der Waals surface area contributed by atoms with Crippen LogP contribution in [0.4, 0.5) is 5.69 Å². The van der Waals surface area contributed by atoms with E-state index < -0.39 is 24.4 Å². The molecule has 1 aliphatic rings. The molecule has 0 heterocycles. The van der Waals surface area contributed by atoms with Gasteiger partial charge in [-0.3, -0.25) is 19.2 Å². The average molecular weight is 452 g/mol. The SMILES string of the molecule is CC(C)(C)c1ccc(C(=O)NCC(=O)OCC(=O)Nc2ccccc2C(=O)NC2CC2)cc1. The summed E-state index contributed by atoms with van der Waals surface area (Å²) in [7, 11) is 0. The van der Waals surface area contributed by atoms with Crippen LogP contribution in [0.2, 0.25) is 0 Å². The predicted molar refractivity (Wildman–Crippen MR) is 124 cm³/mol. The van der Waals surface area contributed by atoms with Gasteiger partial charge in [-0.05, 0) is 48.1 Å². The number of para-hydroxylation sites is 1. The molecule has 3 rings (SSSR count). The second-order valence-corrected chi connectivity index (χ2v) is 9.01. The van der Waals surface area contributed by atoms with Crippen LogP contribution in [0.1, 0.15) is 59.9 Å². The molecule has 8 nitrogen and oxygen atoms in total. The maximum atomic E-state index is 12.3. The molecule has 2 aromatic rings. The van der Waals surface area contributed by atoms with Gasteiger partial charge < -0.3 is 20.7 Å². The minimum absolute atomic E-state index is 0.0269. The molecule has 0 saturated heterocycles. The van der Waals surface area contributed by atoms with Crippen LogP contribution in [0.15, 0.2) is 48.5 Å². The summed E-state index contributed by atoms with van der Waals surface area (Å²) < 4.78 is 4.93. The van der Waals surface area contributed by atoms with E-state index in [0.29, 0.717) is 16.8 Å². The lowest BCUT2D eigenvalue weighted by atomic mass is 9.87. The van der Waals surface area contributed by atoms with Crippen LogP contribution in [0.5, 0.6) is 0 Å². The van der Waals surface area contributed by atoms with Crippen molar-refractivity contribution in [1.82, 2.24) is 10.6 Å². The molecule has 2 aromatic carbocycles. The summed E-state index contributed by atoms with van der Waals surface area (Å²) in [5, 5.41) is 7.93. The number of amides is 3. The van der Waals surface area contributed by atoms with Crippen molar-refractivity contribution in [2.24, 2.45) is 0 Å². The highest BCUT2D eigenvalue weighted by Crippen LogP contribution is 2.22. The largest absolute Gasteiger partial charge is 0.454 e. The van der Waals surface area contributed by atoms with E-state index >= 15 is 0 Å². The Morgan fingerprint density at radius 3 is 2.24 bits per heavy atom. The van der Waals surface area contributed by atoms with Crippen molar-refractivity contribution in [1.29, 1.82) is 0 Å². The maximum absolute atomic E-state index is 12.3. The van der Waals surface area contributed by atoms with Crippen molar-refractivity contribution in [2.45, 2.75) is 45.1 Å². The Balaban J connectivity index is 1.44. The molecule has 1 fully saturated rings. The zero-order valence-electron chi connectivity index (χ0n) is 19.1. The van der Waals surface area contributed by atoms with Crippen molar-refractivity contribution in [3.8, 4) is 0 Å². The van der Waals surface area contributed by atoms with Gasteiger partial charge in [0.15, 0.2) is 6.61 Å². The lowest BCUT2D eigenvalue weighted by Gasteiger charge is -2.19. The van der Waals surface area contributed by atoms with Gasteiger partial charge in [-0.15, -0.1) is 0 Å². The zero-order chi connectivity index (χ0) is 24.0. The van der Waals surface area contributed by atoms with Crippen LogP contribution in [0.3, 0.4) is 0 Å². The highest BCUT2D eigenvalue weighted by molar-refractivity contribution is 6.04. The Labute approximate surface area is 193 Å². The minimum atomic E-state index is -0.746. The van der Waals surface area contributed by atoms with Crippen molar-refractivity contribution in [3.63, 3.8) is 0 Å². The van der Waals surface area contributed by atoms with Gasteiger partial charge >= 0.3 is 5.97 Å². The van der Waals surface area contributed by atoms with E-state index in [-0.39, 0.29) is 23.9 Å². The molecule has 0 atom stereocenters. The number of carbonyl (C=O) groups is 4. The summed E-state index contributed by atoms with van der Waals surface area (Å²) in [6, 6.07) is 14.0. The van der Waals surface area contributed by atoms with E-state index in [1.54, 1.807) is 36.4 Å². The Hall–Kier alpha value is -3.68. The molecule has 0 radical (unpaired) electrons. The van der Waals surface area contributed by atoms with Crippen molar-refractivity contribution >= 4 is 29.4 Å². The number of nitrogens with one attached hydrogen (secondary N) is 3. The van der Waals surface area contributed by atoms with Crippen molar-refractivity contribution in [2.75, 3.05) is 18.5 Å². The van der Waals surface area contributed by atoms with Crippen LogP contribution < -0.4 is 16.0 Å². The third-order valence-electron chi connectivity index (χ3n) is 5.13. The van der Waals surface area contributed by atoms with Crippen LogP contribution >= 0.6 is 0 Å². The van der Waals surface area contributed by atoms with Crippen LogP contribution in [0, 0.1) is 0 Å². The Morgan fingerprint density at radius 2 is 1.61 bits per heavy atom. The summed E-state index contributed by atoms with van der Waals surface area (Å²) in [5.41, 5.74) is 2.17. The first kappa shape index (κ1) is 24.0. The standard InChI is InChI=1S/C25H29N3O5/c1-25(2,3)17-10-8-16(9-11-17)23(31)26-14-22(30)33-15-21(29)28-20-7-5-4-6-19(20)24(32)27-18-12-13-18/h4-11,18H,12-15H2,1-3H3,(H,26,31)(H,27,32)(H,28,29). The van der Waals surface area contributed by atoms with E-state index in [9.17, 15) is 19.2 Å². The minimum Gasteiger partial charge on any atom is -0.454 e. The Bertz CT molecular complexity index is 1040. The summed E-state index contributed by atoms with van der Waals surface area (Å²) in [6.07, 6.45) is 1.91. The molecule has 3 amide bonds. The number of rotatable bonds is 8. The van der Waals surface area contributed by atoms with Gasteiger partial charge in [-0.1, -0.05) is 45.0 Å². The van der Waals surface area contributed by atoms with Crippen molar-refractivity contribution < 1.29 is 23.9 Å². The second kappa shape index (κ2) is 10.3. The fraction of sp³-hybridized carbons (Fsp3) is 0.360. The molecule has 1 saturated carbocycles. The summed E-state index contributed by atoms with van der Waals surface area (Å²) in [5.74, 6) is -2.00. The summed E-state index contributed by atoms with van der Waals surface area (Å²) in [4.78, 5) is 48.7. The van der Waals surface area contributed by atoms with Crippen LogP contribution in [0.25, 0.3) is 0 Å². The predicted octanol–water partition coefficient (Wildman–Crippen LogP) is 2.79. The highest BCUT2D eigenvalue weighted by Gasteiger charge is 2.25. The first-order valence-electron chi connectivity index (χ1n) is 10.9. The molecule has 0 bridgehead atoms. The van der Waals surface area contributed by atoms with Gasteiger partial charge in [0.2, 0.25) is 0 Å². The Kier molecular flexibility index (Phi) is 7.48. The molecule has 0 unspecified atom stereocenters. The molecular formula is C25H29N3O5. The molecular weight excluding hydrogens is 422 g/mol. The van der Waals surface area contributed by atoms with E-state index in [0.717, 1.165) is 18.4 Å². The number of esters is 1. The first-order chi connectivity index (χ1) is 15.6. The summed E-state index contributed by atoms with van der Waals surface area (Å²) in [6.45, 7) is 5.34. The number of hydrogen-bond acceptors (Lipinski definition) is 5. The smallest absolute Gasteiger partial charge is 0.325 e. The molecule has 3 N–H and O–H groups in total. The normalized spacial score (nSPS) is 13.1. The Morgan fingerprint density at radius 1 is 0.939 bits per heavy atom. The highest BCUT2D eigenvalue weighted by atomic mass is 16.5. The van der Waals surface area contributed by atoms with E-state index in [1.165, 1.54) is 0 Å². The fourth-order valence-electron chi connectivity index (χ4n) is 3.04. The molecule has 174 valence electrons. The van der Waals surface area contributed by atoms with Gasteiger partial charge in [-0.25, -0.2) is 0 Å². The lowest BCUT2D eigenvalue weighted by Crippen LogP contribution is -2.32. The van der Waals surface area contributed by atoms with E-state index in [4.69, 9.17) is 4.74 Å². The molecule has 0 aromatic heterocycles. The third kappa shape index (κ3) is 7.17. The zero-order valence-corrected chi connectivity index (χ0v) is 19.1. The van der Waals surface area contributed by atoms with Gasteiger partial charge in [-0.2, -0.15) is 0 Å². The molecule has 8 heteroatoms. The molecule has 33 heavy (non-hydrogen) atoms. The monoisotopic (exact) mass is 451 g/mol. The van der Waals surface area contributed by atoms with E-state index in [1.807, 2.05) is 12.1 Å². The van der Waals surface area contributed by atoms with Gasteiger partial charge in [0.25, 0.3) is 17.7 Å². The van der Waals surface area contributed by atoms with Gasteiger partial charge in [0, 0.05) is 11.6 Å². The number of hydrogen-bond donors (Lipinski definition) is 3.